The monoisotopic (exact) mass is 442 g/mol. The number of nitro groups is 1. The number of hydrogen-bond acceptors (Lipinski definition) is 7. The van der Waals surface area contributed by atoms with Gasteiger partial charge in [0.15, 0.2) is 5.76 Å². The van der Waals surface area contributed by atoms with Gasteiger partial charge in [0.2, 0.25) is 0 Å². The summed E-state index contributed by atoms with van der Waals surface area (Å²) in [6, 6.07) is 4.53. The third-order valence-electron chi connectivity index (χ3n) is 4.94. The first-order valence-corrected chi connectivity index (χ1v) is 9.59. The van der Waals surface area contributed by atoms with E-state index in [0.717, 1.165) is 0 Å². The maximum atomic E-state index is 12.7. The molecule has 0 saturated carbocycles. The van der Waals surface area contributed by atoms with Crippen molar-refractivity contribution in [3.8, 4) is 0 Å². The molecule has 4 amide bonds. The Balaban J connectivity index is 1.83. The van der Waals surface area contributed by atoms with Gasteiger partial charge in [-0.3, -0.25) is 30.6 Å². The van der Waals surface area contributed by atoms with Gasteiger partial charge in [-0.2, -0.15) is 5.10 Å². The van der Waals surface area contributed by atoms with Crippen molar-refractivity contribution < 1.29 is 23.7 Å². The minimum absolute atomic E-state index is 0.0534. The normalized spacial score (nSPS) is 15.5. The third kappa shape index (κ3) is 4.58. The highest BCUT2D eigenvalue weighted by molar-refractivity contribution is 6.07. The van der Waals surface area contributed by atoms with E-state index in [1.54, 1.807) is 6.92 Å². The molecule has 5 N–H and O–H groups in total. The molecule has 0 fully saturated rings. The molecule has 3 rings (SSSR count). The molecule has 0 spiro atoms. The van der Waals surface area contributed by atoms with Crippen LogP contribution in [-0.4, -0.2) is 28.5 Å². The maximum Gasteiger partial charge on any atom is 0.332 e. The summed E-state index contributed by atoms with van der Waals surface area (Å²) in [6.45, 7) is 5.62. The van der Waals surface area contributed by atoms with E-state index < -0.39 is 28.5 Å². The minimum atomic E-state index is -0.853. The molecule has 0 atom stereocenters. The van der Waals surface area contributed by atoms with E-state index in [1.165, 1.54) is 24.3 Å². The number of para-hydroxylation sites is 1. The molecule has 1 heterocycles. The number of fused-ring (bicyclic) bond motifs is 1. The molecule has 12 nitrogen and oxygen atoms in total. The minimum Gasteiger partial charge on any atom is -0.455 e. The molecule has 1 aromatic carbocycles. The van der Waals surface area contributed by atoms with E-state index in [1.807, 2.05) is 13.8 Å². The second-order valence-corrected chi connectivity index (χ2v) is 8.09. The number of urea groups is 1. The van der Waals surface area contributed by atoms with E-state index in [0.29, 0.717) is 35.4 Å². The molecule has 1 aliphatic rings. The van der Waals surface area contributed by atoms with Gasteiger partial charge >= 0.3 is 11.9 Å². The van der Waals surface area contributed by atoms with Crippen LogP contribution in [0.15, 0.2) is 33.8 Å². The molecule has 12 heteroatoms. The number of carbonyl (C=O) groups excluding carboxylic acids is 3. The van der Waals surface area contributed by atoms with Crippen LogP contribution in [0.5, 0.6) is 0 Å². The molecule has 2 aromatic rings. The SMILES string of the molecule is Cc1c(C(=O)NNC(=O)c2ccccc2[N+](=O)[O-])oc2c1/C(=N\NC(N)=O)CC(C)(C)C2. The third-order valence-corrected chi connectivity index (χ3v) is 4.94. The average Bonchev–Trinajstić information content (AvgIpc) is 3.04. The quantitative estimate of drug-likeness (QED) is 0.414. The second-order valence-electron chi connectivity index (χ2n) is 8.09. The highest BCUT2D eigenvalue weighted by atomic mass is 16.6. The maximum absolute atomic E-state index is 12.7. The number of hydrazone groups is 1. The van der Waals surface area contributed by atoms with Gasteiger partial charge in [-0.05, 0) is 24.8 Å². The van der Waals surface area contributed by atoms with Gasteiger partial charge in [-0.15, -0.1) is 0 Å². The Labute approximate surface area is 182 Å². The Morgan fingerprint density at radius 3 is 2.47 bits per heavy atom. The average molecular weight is 442 g/mol. The zero-order valence-electron chi connectivity index (χ0n) is 17.6. The van der Waals surface area contributed by atoms with Crippen LogP contribution >= 0.6 is 0 Å². The van der Waals surface area contributed by atoms with Gasteiger partial charge in [0.25, 0.3) is 11.6 Å². The summed E-state index contributed by atoms with van der Waals surface area (Å²) in [5.74, 6) is -1.14. The summed E-state index contributed by atoms with van der Waals surface area (Å²) in [6.07, 6.45) is 1.03. The van der Waals surface area contributed by atoms with E-state index in [-0.39, 0.29) is 16.7 Å². The van der Waals surface area contributed by atoms with Crippen LogP contribution < -0.4 is 22.0 Å². The van der Waals surface area contributed by atoms with Crippen molar-refractivity contribution in [1.82, 2.24) is 16.3 Å². The highest BCUT2D eigenvalue weighted by Crippen LogP contribution is 2.38. The molecule has 1 aromatic heterocycles. The molecule has 0 unspecified atom stereocenters. The van der Waals surface area contributed by atoms with E-state index in [4.69, 9.17) is 10.2 Å². The van der Waals surface area contributed by atoms with Crippen LogP contribution in [0.2, 0.25) is 0 Å². The number of hydrogen-bond donors (Lipinski definition) is 4. The number of benzene rings is 1. The van der Waals surface area contributed by atoms with Crippen LogP contribution in [0.25, 0.3) is 0 Å². The summed E-state index contributed by atoms with van der Waals surface area (Å²) in [4.78, 5) is 46.5. The summed E-state index contributed by atoms with van der Waals surface area (Å²) >= 11 is 0. The fourth-order valence-corrected chi connectivity index (χ4v) is 3.61. The molecule has 0 radical (unpaired) electrons. The van der Waals surface area contributed by atoms with Crippen molar-refractivity contribution in [2.45, 2.75) is 33.6 Å². The molecule has 1 aliphatic carbocycles. The number of rotatable bonds is 4. The van der Waals surface area contributed by atoms with E-state index in [9.17, 15) is 24.5 Å². The van der Waals surface area contributed by atoms with Gasteiger partial charge in [0.1, 0.15) is 11.3 Å². The predicted octanol–water partition coefficient (Wildman–Crippen LogP) is 1.92. The van der Waals surface area contributed by atoms with Crippen LogP contribution in [0.1, 0.15) is 58.1 Å². The number of nitrogens with one attached hydrogen (secondary N) is 3. The smallest absolute Gasteiger partial charge is 0.332 e. The largest absolute Gasteiger partial charge is 0.455 e. The number of furan rings is 1. The van der Waals surface area contributed by atoms with Crippen LogP contribution in [0, 0.1) is 22.5 Å². The Kier molecular flexibility index (Phi) is 5.96. The molecular weight excluding hydrogens is 420 g/mol. The highest BCUT2D eigenvalue weighted by Gasteiger charge is 2.36. The Hall–Kier alpha value is -4.22. The Morgan fingerprint density at radius 2 is 1.81 bits per heavy atom. The Morgan fingerprint density at radius 1 is 1.16 bits per heavy atom. The number of carbonyl (C=O) groups is 3. The van der Waals surface area contributed by atoms with Crippen LogP contribution in [0.4, 0.5) is 10.5 Å². The number of hydrazine groups is 1. The lowest BCUT2D eigenvalue weighted by atomic mass is 9.75. The predicted molar refractivity (Wildman–Crippen MR) is 113 cm³/mol. The molecule has 32 heavy (non-hydrogen) atoms. The topological polar surface area (TPSA) is 182 Å². The van der Waals surface area contributed by atoms with Gasteiger partial charge in [0.05, 0.1) is 10.6 Å². The van der Waals surface area contributed by atoms with Crippen molar-refractivity contribution >= 4 is 29.2 Å². The molecule has 168 valence electrons. The fourth-order valence-electron chi connectivity index (χ4n) is 3.61. The summed E-state index contributed by atoms with van der Waals surface area (Å²) in [5, 5.41) is 15.2. The first kappa shape index (κ1) is 22.5. The first-order valence-electron chi connectivity index (χ1n) is 9.59. The van der Waals surface area contributed by atoms with Gasteiger partial charge in [0, 0.05) is 23.6 Å². The summed E-state index contributed by atoms with van der Waals surface area (Å²) in [5.41, 5.74) is 12.4. The van der Waals surface area contributed by atoms with Crippen molar-refractivity contribution in [3.05, 3.63) is 62.6 Å². The molecule has 0 aliphatic heterocycles. The lowest BCUT2D eigenvalue weighted by Crippen LogP contribution is -2.42. The zero-order valence-corrected chi connectivity index (χ0v) is 17.6. The van der Waals surface area contributed by atoms with E-state index >= 15 is 0 Å². The standard InChI is InChI=1S/C20H22N6O6/c1-10-15-12(22-25-19(21)29)8-20(2,3)9-14(15)32-16(10)18(28)24-23-17(27)11-6-4-5-7-13(11)26(30)31/h4-7H,8-9H2,1-3H3,(H,23,27)(H,24,28)(H3,21,25,29)/b22-12-. The number of nitro benzene ring substituents is 1. The lowest BCUT2D eigenvalue weighted by molar-refractivity contribution is -0.385. The second kappa shape index (κ2) is 8.49. The molecule has 0 saturated heterocycles. The van der Waals surface area contributed by atoms with Gasteiger partial charge in [-0.25, -0.2) is 10.2 Å². The number of nitrogens with two attached hydrogens (primary N) is 1. The lowest BCUT2D eigenvalue weighted by Gasteiger charge is -2.29. The van der Waals surface area contributed by atoms with Gasteiger partial charge < -0.3 is 10.2 Å². The fraction of sp³-hybridized carbons (Fsp3) is 0.300. The van der Waals surface area contributed by atoms with Crippen molar-refractivity contribution in [2.24, 2.45) is 16.3 Å². The zero-order chi connectivity index (χ0) is 23.6. The van der Waals surface area contributed by atoms with Gasteiger partial charge in [-0.1, -0.05) is 26.0 Å². The number of nitrogens with zero attached hydrogens (tertiary/aromatic N) is 2. The number of primary amides is 1. The van der Waals surface area contributed by atoms with Crippen molar-refractivity contribution in [3.63, 3.8) is 0 Å². The van der Waals surface area contributed by atoms with Crippen LogP contribution in [-0.2, 0) is 6.42 Å². The van der Waals surface area contributed by atoms with Crippen LogP contribution in [0.3, 0.4) is 0 Å². The number of amides is 4. The molecular formula is C20H22N6O6. The summed E-state index contributed by atoms with van der Waals surface area (Å²) < 4.78 is 5.77. The Bertz CT molecular complexity index is 1150. The first-order chi connectivity index (χ1) is 15.0. The molecule has 0 bridgehead atoms. The van der Waals surface area contributed by atoms with Crippen molar-refractivity contribution in [2.75, 3.05) is 0 Å². The van der Waals surface area contributed by atoms with Crippen molar-refractivity contribution in [1.29, 1.82) is 0 Å². The summed E-state index contributed by atoms with van der Waals surface area (Å²) in [7, 11) is 0. The van der Waals surface area contributed by atoms with E-state index in [2.05, 4.69) is 21.4 Å².